The highest BCUT2D eigenvalue weighted by Gasteiger charge is 2.16. The molecule has 0 amide bonds. The summed E-state index contributed by atoms with van der Waals surface area (Å²) in [6, 6.07) is -0.122. The minimum atomic E-state index is -0.122. The Morgan fingerprint density at radius 1 is 1.58 bits per heavy atom. The Kier molecular flexibility index (Phi) is 3.89. The van der Waals surface area contributed by atoms with Crippen molar-refractivity contribution < 1.29 is 14.5 Å². The summed E-state index contributed by atoms with van der Waals surface area (Å²) in [5.41, 5.74) is 0. The second-order valence-corrected chi connectivity index (χ2v) is 2.36. The smallest absolute Gasteiger partial charge is 0.234 e. The number of hydrazine groups is 1. The number of hydrogen-bond donors (Lipinski definition) is 0. The molecule has 12 heavy (non-hydrogen) atoms. The van der Waals surface area contributed by atoms with Gasteiger partial charge in [-0.2, -0.15) is 0 Å². The number of nitrogens with zero attached hydrogens (tertiary/aromatic N) is 3. The van der Waals surface area contributed by atoms with Crippen LogP contribution in [0, 0.1) is 5.21 Å². The quantitative estimate of drug-likeness (QED) is 0.282. The molecule has 0 aromatic carbocycles. The van der Waals surface area contributed by atoms with Crippen molar-refractivity contribution in [1.29, 1.82) is 0 Å². The van der Waals surface area contributed by atoms with E-state index < -0.39 is 0 Å². The molecule has 1 aliphatic heterocycles. The maximum absolute atomic E-state index is 11.0. The molecule has 0 N–H and O–H groups in total. The molecular formula is C5H10ClN3O3. The van der Waals surface area contributed by atoms with Crippen molar-refractivity contribution in [2.24, 2.45) is 5.28 Å². The first kappa shape index (κ1) is 9.34. The molecular weight excluding hydrogens is 186 g/mol. The lowest BCUT2D eigenvalue weighted by atomic mass is 10.5. The van der Waals surface area contributed by atoms with E-state index in [4.69, 9.17) is 16.3 Å². The molecule has 0 spiro atoms. The van der Waals surface area contributed by atoms with Gasteiger partial charge in [-0.05, 0) is 0 Å². The van der Waals surface area contributed by atoms with Crippen LogP contribution >= 0.6 is 11.6 Å². The van der Waals surface area contributed by atoms with E-state index in [9.17, 15) is 5.21 Å². The van der Waals surface area contributed by atoms with Gasteiger partial charge in [0, 0.05) is 0 Å². The van der Waals surface area contributed by atoms with Gasteiger partial charge in [0.2, 0.25) is 5.28 Å². The largest absolute Gasteiger partial charge is 0.569 e. The third kappa shape index (κ3) is 2.71. The van der Waals surface area contributed by atoms with Crippen molar-refractivity contribution in [3.8, 4) is 0 Å². The summed E-state index contributed by atoms with van der Waals surface area (Å²) in [6.07, 6.45) is 0. The highest BCUT2D eigenvalue weighted by atomic mass is 35.5. The molecule has 0 atom stereocenters. The first-order valence-electron chi connectivity index (χ1n) is 3.53. The van der Waals surface area contributed by atoms with E-state index in [1.165, 1.54) is 5.01 Å². The van der Waals surface area contributed by atoms with Crippen LogP contribution in [-0.2, 0) is 9.57 Å². The standard InChI is InChI=1S/C5H10ClN3O3/c6-5-12-7-9(10)8-1-3-11-4-2-8/h1-5H2/b9-7-. The minimum absolute atomic E-state index is 0.122. The molecule has 7 heteroatoms. The summed E-state index contributed by atoms with van der Waals surface area (Å²) in [4.78, 5) is 4.76. The molecule has 1 saturated heterocycles. The summed E-state index contributed by atoms with van der Waals surface area (Å²) in [5.74, 6) is 0. The van der Waals surface area contributed by atoms with E-state index in [2.05, 4.69) is 10.1 Å². The first-order chi connectivity index (χ1) is 5.84. The van der Waals surface area contributed by atoms with Gasteiger partial charge >= 0.3 is 0 Å². The fourth-order valence-electron chi connectivity index (χ4n) is 0.848. The number of ether oxygens (including phenoxy) is 1. The van der Waals surface area contributed by atoms with Gasteiger partial charge in [-0.1, -0.05) is 11.6 Å². The first-order valence-corrected chi connectivity index (χ1v) is 4.07. The van der Waals surface area contributed by atoms with Crippen molar-refractivity contribution in [1.82, 2.24) is 5.01 Å². The van der Waals surface area contributed by atoms with Gasteiger partial charge in [0.25, 0.3) is 0 Å². The second-order valence-electron chi connectivity index (χ2n) is 2.14. The van der Waals surface area contributed by atoms with E-state index in [-0.39, 0.29) is 6.07 Å². The molecule has 0 aromatic heterocycles. The van der Waals surface area contributed by atoms with Crippen LogP contribution in [0.2, 0.25) is 0 Å². The molecule has 0 aromatic rings. The van der Waals surface area contributed by atoms with Gasteiger partial charge in [-0.15, -0.1) is 5.01 Å². The summed E-state index contributed by atoms with van der Waals surface area (Å²) in [7, 11) is 0. The lowest BCUT2D eigenvalue weighted by molar-refractivity contribution is -0.713. The Labute approximate surface area is 74.8 Å². The van der Waals surface area contributed by atoms with Gasteiger partial charge < -0.3 is 14.8 Å². The zero-order valence-electron chi connectivity index (χ0n) is 6.48. The highest BCUT2D eigenvalue weighted by molar-refractivity contribution is 6.17. The monoisotopic (exact) mass is 195 g/mol. The summed E-state index contributed by atoms with van der Waals surface area (Å²) in [6.45, 7) is 2.13. The Morgan fingerprint density at radius 3 is 2.83 bits per heavy atom. The van der Waals surface area contributed by atoms with Crippen molar-refractivity contribution in [3.05, 3.63) is 5.21 Å². The molecule has 1 aliphatic rings. The Hall–Kier alpha value is -0.750. The molecule has 0 saturated carbocycles. The van der Waals surface area contributed by atoms with Crippen LogP contribution < -0.4 is 0 Å². The minimum Gasteiger partial charge on any atom is -0.569 e. The number of halogens is 1. The van der Waals surface area contributed by atoms with E-state index >= 15 is 0 Å². The number of hydrogen-bond acceptors (Lipinski definition) is 4. The van der Waals surface area contributed by atoms with Crippen molar-refractivity contribution in [2.75, 3.05) is 32.4 Å². The molecule has 6 nitrogen and oxygen atoms in total. The Bertz CT molecular complexity index is 160. The summed E-state index contributed by atoms with van der Waals surface area (Å²) in [5, 5.41) is 15.6. The highest BCUT2D eigenvalue weighted by Crippen LogP contribution is 1.97. The molecule has 1 rings (SSSR count). The van der Waals surface area contributed by atoms with Gasteiger partial charge in [0.1, 0.15) is 13.1 Å². The molecule has 1 fully saturated rings. The predicted octanol–water partition coefficient (Wildman–Crippen LogP) is 0.324. The van der Waals surface area contributed by atoms with Crippen LogP contribution in [0.5, 0.6) is 0 Å². The third-order valence-corrected chi connectivity index (χ3v) is 1.50. The third-order valence-electron chi connectivity index (χ3n) is 1.41. The molecule has 0 unspecified atom stereocenters. The topological polar surface area (TPSA) is 60.1 Å². The van der Waals surface area contributed by atoms with Gasteiger partial charge in [0.05, 0.1) is 18.2 Å². The van der Waals surface area contributed by atoms with Crippen LogP contribution in [-0.4, -0.2) is 42.3 Å². The van der Waals surface area contributed by atoms with Gasteiger partial charge in [-0.25, -0.2) is 0 Å². The van der Waals surface area contributed by atoms with E-state index in [0.717, 1.165) is 0 Å². The Morgan fingerprint density at radius 2 is 2.25 bits per heavy atom. The molecule has 0 radical (unpaired) electrons. The van der Waals surface area contributed by atoms with Crippen molar-refractivity contribution in [3.63, 3.8) is 0 Å². The zero-order valence-corrected chi connectivity index (χ0v) is 7.24. The van der Waals surface area contributed by atoms with E-state index in [0.29, 0.717) is 31.3 Å². The van der Waals surface area contributed by atoms with Crippen LogP contribution in [0.25, 0.3) is 0 Å². The normalized spacial score (nSPS) is 19.4. The average molecular weight is 196 g/mol. The molecule has 70 valence electrons. The Balaban J connectivity index is 2.33. The number of alkyl halides is 1. The van der Waals surface area contributed by atoms with E-state index in [1.54, 1.807) is 0 Å². The fraction of sp³-hybridized carbons (Fsp3) is 1.00. The lowest BCUT2D eigenvalue weighted by Gasteiger charge is -2.21. The predicted molar refractivity (Wildman–Crippen MR) is 40.3 cm³/mol. The number of rotatable bonds is 3. The van der Waals surface area contributed by atoms with Crippen LogP contribution in [0.15, 0.2) is 5.28 Å². The van der Waals surface area contributed by atoms with E-state index in [1.807, 2.05) is 0 Å². The zero-order chi connectivity index (χ0) is 8.81. The van der Waals surface area contributed by atoms with Crippen molar-refractivity contribution in [2.45, 2.75) is 0 Å². The summed E-state index contributed by atoms with van der Waals surface area (Å²) >= 11 is 5.16. The van der Waals surface area contributed by atoms with Gasteiger partial charge in [-0.3, -0.25) is 0 Å². The molecule has 0 aliphatic carbocycles. The van der Waals surface area contributed by atoms with Crippen molar-refractivity contribution >= 4 is 11.6 Å². The fourth-order valence-corrected chi connectivity index (χ4v) is 0.891. The second kappa shape index (κ2) is 5.00. The maximum atomic E-state index is 11.0. The molecule has 1 heterocycles. The average Bonchev–Trinajstić information content (AvgIpc) is 2.15. The number of morpholine rings is 1. The summed E-state index contributed by atoms with van der Waals surface area (Å²) < 4.78 is 5.04. The molecule has 0 bridgehead atoms. The SMILES string of the molecule is [O-]/[N+](=N\OCCl)N1CCOCC1. The van der Waals surface area contributed by atoms with Gasteiger partial charge in [0.15, 0.2) is 6.07 Å². The lowest BCUT2D eigenvalue weighted by Crippen LogP contribution is -2.40. The van der Waals surface area contributed by atoms with Crippen LogP contribution in [0.4, 0.5) is 0 Å². The maximum Gasteiger partial charge on any atom is 0.234 e. The van der Waals surface area contributed by atoms with Crippen LogP contribution in [0.3, 0.4) is 0 Å². The van der Waals surface area contributed by atoms with Crippen LogP contribution in [0.1, 0.15) is 0 Å².